The molecule has 1 aromatic rings. The summed E-state index contributed by atoms with van der Waals surface area (Å²) >= 11 is 0. The summed E-state index contributed by atoms with van der Waals surface area (Å²) in [6.07, 6.45) is -2.55. The Morgan fingerprint density at radius 2 is 1.94 bits per heavy atom. The summed E-state index contributed by atoms with van der Waals surface area (Å²) in [5.74, 6) is -0.809. The number of aliphatic hydroxyl groups is 1. The molecular formula is C12H15NO5. The first-order chi connectivity index (χ1) is 8.50. The van der Waals surface area contributed by atoms with Crippen molar-refractivity contribution in [3.63, 3.8) is 0 Å². The van der Waals surface area contributed by atoms with Crippen LogP contribution in [-0.4, -0.2) is 34.4 Å². The molecule has 0 aliphatic heterocycles. The first-order valence-corrected chi connectivity index (χ1v) is 5.39. The standard InChI is InChI=1S/C12H15NO5/c1-8(14)10(13-12(16)17)11(15)18-7-9-5-3-2-4-6-9/h2-6,8,10,13-14H,7H2,1H3,(H,16,17)/t8-,10+/m1/s1. The molecule has 0 bridgehead atoms. The number of esters is 1. The summed E-state index contributed by atoms with van der Waals surface area (Å²) in [5, 5.41) is 19.7. The van der Waals surface area contributed by atoms with E-state index in [1.165, 1.54) is 6.92 Å². The van der Waals surface area contributed by atoms with Gasteiger partial charge in [0.2, 0.25) is 0 Å². The molecular weight excluding hydrogens is 238 g/mol. The first kappa shape index (κ1) is 14.0. The van der Waals surface area contributed by atoms with E-state index in [1.54, 1.807) is 24.3 Å². The number of hydrogen-bond acceptors (Lipinski definition) is 4. The van der Waals surface area contributed by atoms with Crippen molar-refractivity contribution < 1.29 is 24.5 Å². The van der Waals surface area contributed by atoms with E-state index in [9.17, 15) is 14.7 Å². The number of amides is 1. The number of aliphatic hydroxyl groups excluding tert-OH is 1. The maximum Gasteiger partial charge on any atom is 0.405 e. The Balaban J connectivity index is 2.54. The molecule has 0 heterocycles. The summed E-state index contributed by atoms with van der Waals surface area (Å²) in [6.45, 7) is 1.34. The summed E-state index contributed by atoms with van der Waals surface area (Å²) in [4.78, 5) is 22.0. The number of carboxylic acid groups (broad SMARTS) is 1. The van der Waals surface area contributed by atoms with Crippen LogP contribution >= 0.6 is 0 Å². The molecule has 0 aliphatic rings. The zero-order chi connectivity index (χ0) is 13.5. The predicted octanol–water partition coefficient (Wildman–Crippen LogP) is 0.747. The van der Waals surface area contributed by atoms with Crippen molar-refractivity contribution in [2.75, 3.05) is 0 Å². The van der Waals surface area contributed by atoms with E-state index in [0.717, 1.165) is 5.56 Å². The van der Waals surface area contributed by atoms with Crippen LogP contribution in [0.5, 0.6) is 0 Å². The summed E-state index contributed by atoms with van der Waals surface area (Å²) in [6, 6.07) is 7.68. The fraction of sp³-hybridized carbons (Fsp3) is 0.333. The average molecular weight is 253 g/mol. The van der Waals surface area contributed by atoms with Crippen molar-refractivity contribution in [2.24, 2.45) is 0 Å². The van der Waals surface area contributed by atoms with Crippen molar-refractivity contribution in [1.29, 1.82) is 0 Å². The van der Waals surface area contributed by atoms with E-state index in [1.807, 2.05) is 11.4 Å². The minimum Gasteiger partial charge on any atom is -0.465 e. The van der Waals surface area contributed by atoms with Gasteiger partial charge < -0.3 is 20.3 Å². The minimum atomic E-state index is -1.39. The third kappa shape index (κ3) is 4.42. The molecule has 0 spiro atoms. The number of benzene rings is 1. The summed E-state index contributed by atoms with van der Waals surface area (Å²) in [5.41, 5.74) is 0.783. The van der Waals surface area contributed by atoms with Crippen LogP contribution in [0.4, 0.5) is 4.79 Å². The van der Waals surface area contributed by atoms with E-state index in [2.05, 4.69) is 0 Å². The summed E-state index contributed by atoms with van der Waals surface area (Å²) < 4.78 is 4.93. The Morgan fingerprint density at radius 1 is 1.33 bits per heavy atom. The van der Waals surface area contributed by atoms with Gasteiger partial charge in [-0.15, -0.1) is 0 Å². The van der Waals surface area contributed by atoms with E-state index in [0.29, 0.717) is 0 Å². The molecule has 0 aromatic heterocycles. The molecule has 18 heavy (non-hydrogen) atoms. The molecule has 6 nitrogen and oxygen atoms in total. The lowest BCUT2D eigenvalue weighted by molar-refractivity contribution is -0.150. The molecule has 0 unspecified atom stereocenters. The molecule has 0 saturated carbocycles. The smallest absolute Gasteiger partial charge is 0.405 e. The van der Waals surface area contributed by atoms with Gasteiger partial charge >= 0.3 is 12.1 Å². The van der Waals surface area contributed by atoms with E-state index in [4.69, 9.17) is 9.84 Å². The number of nitrogens with one attached hydrogen (secondary N) is 1. The third-order valence-electron chi connectivity index (χ3n) is 2.24. The number of ether oxygens (including phenoxy) is 1. The predicted molar refractivity (Wildman–Crippen MR) is 62.9 cm³/mol. The van der Waals surface area contributed by atoms with Crippen molar-refractivity contribution in [2.45, 2.75) is 25.7 Å². The number of carbonyl (C=O) groups is 2. The molecule has 1 rings (SSSR count). The quantitative estimate of drug-likeness (QED) is 0.673. The highest BCUT2D eigenvalue weighted by Crippen LogP contribution is 2.03. The van der Waals surface area contributed by atoms with Crippen LogP contribution in [0.15, 0.2) is 30.3 Å². The Hall–Kier alpha value is -2.08. The topological polar surface area (TPSA) is 95.9 Å². The highest BCUT2D eigenvalue weighted by molar-refractivity contribution is 5.81. The van der Waals surface area contributed by atoms with Crippen LogP contribution in [0.3, 0.4) is 0 Å². The fourth-order valence-corrected chi connectivity index (χ4v) is 1.33. The molecule has 98 valence electrons. The molecule has 0 aliphatic carbocycles. The Kier molecular flexibility index (Phi) is 5.13. The average Bonchev–Trinajstić information content (AvgIpc) is 2.34. The lowest BCUT2D eigenvalue weighted by atomic mass is 10.2. The van der Waals surface area contributed by atoms with E-state index < -0.39 is 24.2 Å². The zero-order valence-electron chi connectivity index (χ0n) is 9.87. The monoisotopic (exact) mass is 253 g/mol. The maximum atomic E-state index is 11.6. The summed E-state index contributed by atoms with van der Waals surface area (Å²) in [7, 11) is 0. The highest BCUT2D eigenvalue weighted by atomic mass is 16.5. The van der Waals surface area contributed by atoms with Crippen LogP contribution < -0.4 is 5.32 Å². The molecule has 0 radical (unpaired) electrons. The van der Waals surface area contributed by atoms with Gasteiger partial charge in [0.15, 0.2) is 6.04 Å². The number of rotatable bonds is 5. The van der Waals surface area contributed by atoms with Crippen LogP contribution in [0, 0.1) is 0 Å². The van der Waals surface area contributed by atoms with Gasteiger partial charge in [-0.05, 0) is 12.5 Å². The lowest BCUT2D eigenvalue weighted by Crippen LogP contribution is -2.47. The fourth-order valence-electron chi connectivity index (χ4n) is 1.33. The largest absolute Gasteiger partial charge is 0.465 e. The van der Waals surface area contributed by atoms with E-state index >= 15 is 0 Å². The van der Waals surface area contributed by atoms with Gasteiger partial charge in [-0.25, -0.2) is 9.59 Å². The molecule has 3 N–H and O–H groups in total. The van der Waals surface area contributed by atoms with Crippen LogP contribution in [0.2, 0.25) is 0 Å². The molecule has 1 amide bonds. The van der Waals surface area contributed by atoms with Gasteiger partial charge in [0.05, 0.1) is 6.10 Å². The van der Waals surface area contributed by atoms with Gasteiger partial charge in [0.1, 0.15) is 6.61 Å². The second kappa shape index (κ2) is 6.61. The molecule has 1 aromatic carbocycles. The van der Waals surface area contributed by atoms with Crippen LogP contribution in [-0.2, 0) is 16.1 Å². The first-order valence-electron chi connectivity index (χ1n) is 5.39. The molecule has 6 heteroatoms. The van der Waals surface area contributed by atoms with Gasteiger partial charge in [0, 0.05) is 0 Å². The normalized spacial score (nSPS) is 13.4. The van der Waals surface area contributed by atoms with Gasteiger partial charge in [-0.1, -0.05) is 30.3 Å². The zero-order valence-corrected chi connectivity index (χ0v) is 9.87. The van der Waals surface area contributed by atoms with Gasteiger partial charge in [-0.3, -0.25) is 0 Å². The highest BCUT2D eigenvalue weighted by Gasteiger charge is 2.26. The Morgan fingerprint density at radius 3 is 2.44 bits per heavy atom. The number of carbonyl (C=O) groups excluding carboxylic acids is 1. The Bertz CT molecular complexity index is 404. The maximum absolute atomic E-state index is 11.6. The lowest BCUT2D eigenvalue weighted by Gasteiger charge is -2.18. The Labute approximate surface area is 104 Å². The van der Waals surface area contributed by atoms with Crippen molar-refractivity contribution in [3.8, 4) is 0 Å². The molecule has 2 atom stereocenters. The van der Waals surface area contributed by atoms with Gasteiger partial charge in [-0.2, -0.15) is 0 Å². The third-order valence-corrected chi connectivity index (χ3v) is 2.24. The second-order valence-corrected chi connectivity index (χ2v) is 3.76. The minimum absolute atomic E-state index is 0.0319. The second-order valence-electron chi connectivity index (χ2n) is 3.76. The van der Waals surface area contributed by atoms with Crippen LogP contribution in [0.1, 0.15) is 12.5 Å². The molecule has 0 saturated heterocycles. The van der Waals surface area contributed by atoms with Crippen molar-refractivity contribution in [3.05, 3.63) is 35.9 Å². The SMILES string of the molecule is C[C@@H](O)[C@H](NC(=O)O)C(=O)OCc1ccccc1. The van der Waals surface area contributed by atoms with Crippen molar-refractivity contribution in [1.82, 2.24) is 5.32 Å². The van der Waals surface area contributed by atoms with E-state index in [-0.39, 0.29) is 6.61 Å². The van der Waals surface area contributed by atoms with Crippen LogP contribution in [0.25, 0.3) is 0 Å². The van der Waals surface area contributed by atoms with Crippen molar-refractivity contribution >= 4 is 12.1 Å². The molecule has 0 fully saturated rings. The number of hydrogen-bond donors (Lipinski definition) is 3. The van der Waals surface area contributed by atoms with Gasteiger partial charge in [0.25, 0.3) is 0 Å².